The normalized spacial score (nSPS) is 12.1. The van der Waals surface area contributed by atoms with Crippen LogP contribution in [0.15, 0.2) is 48.8 Å². The van der Waals surface area contributed by atoms with E-state index in [0.717, 1.165) is 33.6 Å². The number of imidazole rings is 1. The molecule has 0 atom stereocenters. The van der Waals surface area contributed by atoms with E-state index in [0.29, 0.717) is 0 Å². The largest absolute Gasteiger partial charge is 0.365 e. The molecule has 0 aliphatic carbocycles. The van der Waals surface area contributed by atoms with Crippen molar-refractivity contribution in [1.29, 1.82) is 0 Å². The number of fused-ring (bicyclic) bond motifs is 2. The number of aromatic nitrogens is 4. The molecule has 0 bridgehead atoms. The summed E-state index contributed by atoms with van der Waals surface area (Å²) in [5, 5.41) is 11.8. The number of hydrogen-bond acceptors (Lipinski definition) is 3. The summed E-state index contributed by atoms with van der Waals surface area (Å²) in [6.45, 7) is 6.45. The lowest BCUT2D eigenvalue weighted by molar-refractivity contribution is 0.629. The smallest absolute Gasteiger partial charge is 0.139 e. The van der Waals surface area contributed by atoms with Gasteiger partial charge in [-0.3, -0.25) is 9.50 Å². The van der Waals surface area contributed by atoms with Crippen molar-refractivity contribution < 1.29 is 0 Å². The first-order chi connectivity index (χ1) is 11.0. The highest BCUT2D eigenvalue weighted by atomic mass is 15.2. The molecule has 23 heavy (non-hydrogen) atoms. The van der Waals surface area contributed by atoms with Gasteiger partial charge in [0.25, 0.3) is 0 Å². The molecule has 3 heterocycles. The molecule has 0 fully saturated rings. The summed E-state index contributed by atoms with van der Waals surface area (Å²) in [5.41, 5.74) is 3.94. The second-order valence-electron chi connectivity index (χ2n) is 6.78. The minimum absolute atomic E-state index is 0.0553. The first-order valence-electron chi connectivity index (χ1n) is 7.70. The third kappa shape index (κ3) is 2.44. The molecule has 0 spiro atoms. The maximum Gasteiger partial charge on any atom is 0.139 e. The Bertz CT molecular complexity index is 987. The molecule has 0 radical (unpaired) electrons. The van der Waals surface area contributed by atoms with Gasteiger partial charge in [-0.1, -0.05) is 12.1 Å². The average Bonchev–Trinajstić information content (AvgIpc) is 3.10. The molecule has 4 rings (SSSR count). The number of H-pyrrole nitrogens is 1. The summed E-state index contributed by atoms with van der Waals surface area (Å²) >= 11 is 0. The van der Waals surface area contributed by atoms with Crippen LogP contribution in [0.2, 0.25) is 0 Å². The summed E-state index contributed by atoms with van der Waals surface area (Å²) in [7, 11) is 0. The number of rotatable bonds is 2. The van der Waals surface area contributed by atoms with Crippen LogP contribution in [-0.4, -0.2) is 25.1 Å². The summed E-state index contributed by atoms with van der Waals surface area (Å²) < 4.78 is 2.10. The Morgan fingerprint density at radius 3 is 2.83 bits per heavy atom. The van der Waals surface area contributed by atoms with E-state index in [1.807, 2.05) is 36.7 Å². The minimum atomic E-state index is -0.0553. The van der Waals surface area contributed by atoms with Crippen molar-refractivity contribution in [3.63, 3.8) is 0 Å². The maximum atomic E-state index is 4.83. The van der Waals surface area contributed by atoms with Crippen LogP contribution in [0.25, 0.3) is 27.8 Å². The van der Waals surface area contributed by atoms with E-state index >= 15 is 0 Å². The zero-order valence-corrected chi connectivity index (χ0v) is 13.5. The third-order valence-corrected chi connectivity index (χ3v) is 3.74. The monoisotopic (exact) mass is 305 g/mol. The Balaban J connectivity index is 1.95. The first kappa shape index (κ1) is 13.8. The molecule has 5 heteroatoms. The Hall–Kier alpha value is -2.82. The summed E-state index contributed by atoms with van der Waals surface area (Å²) in [6, 6.07) is 12.3. The maximum absolute atomic E-state index is 4.83. The molecular formula is C18H19N5. The Labute approximate surface area is 134 Å². The van der Waals surface area contributed by atoms with Gasteiger partial charge < -0.3 is 5.32 Å². The fourth-order valence-electron chi connectivity index (χ4n) is 2.76. The lowest BCUT2D eigenvalue weighted by Crippen LogP contribution is -2.27. The molecule has 4 aromatic rings. The SMILES string of the molecule is CC(C)(C)Nc1c(-c2ccc3[nH]ncc3c2)nc2ccccn12. The quantitative estimate of drug-likeness (QED) is 0.586. The highest BCUT2D eigenvalue weighted by Gasteiger charge is 2.19. The lowest BCUT2D eigenvalue weighted by atomic mass is 10.1. The summed E-state index contributed by atoms with van der Waals surface area (Å²) in [5.74, 6) is 1.01. The summed E-state index contributed by atoms with van der Waals surface area (Å²) in [4.78, 5) is 4.83. The van der Waals surface area contributed by atoms with Gasteiger partial charge >= 0.3 is 0 Å². The van der Waals surface area contributed by atoms with Crippen LogP contribution in [-0.2, 0) is 0 Å². The van der Waals surface area contributed by atoms with Gasteiger partial charge in [0.05, 0.1) is 11.7 Å². The second kappa shape index (κ2) is 4.84. The van der Waals surface area contributed by atoms with Gasteiger partial charge in [0.15, 0.2) is 0 Å². The van der Waals surface area contributed by atoms with Gasteiger partial charge in [0.2, 0.25) is 0 Å². The zero-order valence-electron chi connectivity index (χ0n) is 13.5. The fraction of sp³-hybridized carbons (Fsp3) is 0.222. The van der Waals surface area contributed by atoms with Crippen LogP contribution in [0.4, 0.5) is 5.82 Å². The standard InChI is InChI=1S/C18H19N5/c1-18(2,3)21-17-16(20-15-6-4-5-9-23(15)17)12-7-8-14-13(10-12)11-19-22-14/h4-11,21H,1-3H3,(H,19,22). The van der Waals surface area contributed by atoms with Crippen molar-refractivity contribution in [2.45, 2.75) is 26.3 Å². The van der Waals surface area contributed by atoms with Crippen molar-refractivity contribution in [2.75, 3.05) is 5.32 Å². The number of pyridine rings is 1. The van der Waals surface area contributed by atoms with Gasteiger partial charge in [-0.15, -0.1) is 0 Å². The van der Waals surface area contributed by atoms with Crippen LogP contribution in [0.5, 0.6) is 0 Å². The first-order valence-corrected chi connectivity index (χ1v) is 7.70. The molecule has 0 saturated heterocycles. The van der Waals surface area contributed by atoms with Crippen molar-refractivity contribution in [2.24, 2.45) is 0 Å². The molecular weight excluding hydrogens is 286 g/mol. The molecule has 116 valence electrons. The molecule has 5 nitrogen and oxygen atoms in total. The second-order valence-corrected chi connectivity index (χ2v) is 6.78. The van der Waals surface area contributed by atoms with Crippen LogP contribution >= 0.6 is 0 Å². The minimum Gasteiger partial charge on any atom is -0.365 e. The number of benzene rings is 1. The molecule has 0 aliphatic heterocycles. The van der Waals surface area contributed by atoms with E-state index < -0.39 is 0 Å². The van der Waals surface area contributed by atoms with Gasteiger partial charge in [0.1, 0.15) is 17.2 Å². The van der Waals surface area contributed by atoms with Crippen LogP contribution in [0.3, 0.4) is 0 Å². The molecule has 2 N–H and O–H groups in total. The highest BCUT2D eigenvalue weighted by molar-refractivity contribution is 5.86. The number of nitrogens with zero attached hydrogens (tertiary/aromatic N) is 3. The molecule has 0 unspecified atom stereocenters. The van der Waals surface area contributed by atoms with Crippen molar-refractivity contribution in [1.82, 2.24) is 19.6 Å². The topological polar surface area (TPSA) is 58.0 Å². The van der Waals surface area contributed by atoms with E-state index in [1.165, 1.54) is 0 Å². The van der Waals surface area contributed by atoms with Gasteiger partial charge in [-0.2, -0.15) is 5.10 Å². The molecule has 1 aromatic carbocycles. The summed E-state index contributed by atoms with van der Waals surface area (Å²) in [6.07, 6.45) is 3.88. The predicted molar refractivity (Wildman–Crippen MR) is 93.7 cm³/mol. The van der Waals surface area contributed by atoms with E-state index in [4.69, 9.17) is 4.98 Å². The lowest BCUT2D eigenvalue weighted by Gasteiger charge is -2.22. The van der Waals surface area contributed by atoms with E-state index in [1.54, 1.807) is 0 Å². The third-order valence-electron chi connectivity index (χ3n) is 3.74. The number of hydrogen-bond donors (Lipinski definition) is 2. The molecule has 0 saturated carbocycles. The highest BCUT2D eigenvalue weighted by Crippen LogP contribution is 2.32. The zero-order chi connectivity index (χ0) is 16.0. The van der Waals surface area contributed by atoms with E-state index in [2.05, 4.69) is 52.8 Å². The van der Waals surface area contributed by atoms with Gasteiger partial charge in [-0.25, -0.2) is 4.98 Å². The molecule has 3 aromatic heterocycles. The van der Waals surface area contributed by atoms with E-state index in [-0.39, 0.29) is 5.54 Å². The van der Waals surface area contributed by atoms with Gasteiger partial charge in [0, 0.05) is 22.7 Å². The fourth-order valence-corrected chi connectivity index (χ4v) is 2.76. The van der Waals surface area contributed by atoms with Crippen molar-refractivity contribution >= 4 is 22.4 Å². The van der Waals surface area contributed by atoms with Crippen LogP contribution < -0.4 is 5.32 Å². The van der Waals surface area contributed by atoms with E-state index in [9.17, 15) is 0 Å². The molecule has 0 aliphatic rings. The Kier molecular flexibility index (Phi) is 2.91. The number of anilines is 1. The van der Waals surface area contributed by atoms with Gasteiger partial charge in [-0.05, 0) is 45.0 Å². The van der Waals surface area contributed by atoms with Crippen molar-refractivity contribution in [3.05, 3.63) is 48.8 Å². The Morgan fingerprint density at radius 2 is 2.00 bits per heavy atom. The predicted octanol–water partition coefficient (Wildman–Crippen LogP) is 4.09. The Morgan fingerprint density at radius 1 is 1.13 bits per heavy atom. The average molecular weight is 305 g/mol. The molecule has 0 amide bonds. The van der Waals surface area contributed by atoms with Crippen molar-refractivity contribution in [3.8, 4) is 11.3 Å². The number of aromatic amines is 1. The van der Waals surface area contributed by atoms with Crippen LogP contribution in [0.1, 0.15) is 20.8 Å². The van der Waals surface area contributed by atoms with Crippen LogP contribution in [0, 0.1) is 0 Å². The number of nitrogens with one attached hydrogen (secondary N) is 2.